The van der Waals surface area contributed by atoms with E-state index in [1.165, 1.54) is 11.3 Å². The number of benzene rings is 2. The van der Waals surface area contributed by atoms with E-state index in [9.17, 15) is 14.7 Å². The topological polar surface area (TPSA) is 110 Å². The van der Waals surface area contributed by atoms with E-state index in [2.05, 4.69) is 15.6 Å². The van der Waals surface area contributed by atoms with Gasteiger partial charge in [0, 0.05) is 25.1 Å². The van der Waals surface area contributed by atoms with Crippen LogP contribution in [0.2, 0.25) is 0 Å². The molecule has 1 heterocycles. The predicted molar refractivity (Wildman–Crippen MR) is 143 cm³/mol. The van der Waals surface area contributed by atoms with Crippen molar-refractivity contribution in [3.05, 3.63) is 88.4 Å². The van der Waals surface area contributed by atoms with Crippen LogP contribution in [0.4, 0.5) is 9.59 Å². The number of aliphatic hydroxyl groups is 1. The molecule has 3 N–H and O–H groups in total. The molecular formula is C28H35N3O5S. The molecule has 0 aliphatic heterocycles. The van der Waals surface area contributed by atoms with Gasteiger partial charge in [-0.3, -0.25) is 4.98 Å². The highest BCUT2D eigenvalue weighted by Gasteiger charge is 2.32. The fourth-order valence-electron chi connectivity index (χ4n) is 3.90. The number of hydrogen-bond acceptors (Lipinski definition) is 7. The quantitative estimate of drug-likeness (QED) is 0.293. The summed E-state index contributed by atoms with van der Waals surface area (Å²) in [6.45, 7) is 4.58. The number of nitrogens with one attached hydrogen (secondary N) is 2. The summed E-state index contributed by atoms with van der Waals surface area (Å²) >= 11 is 1.39. The van der Waals surface area contributed by atoms with Crippen molar-refractivity contribution in [3.8, 4) is 0 Å². The Hall–Kier alpha value is -3.43. The zero-order chi connectivity index (χ0) is 26.5. The number of aromatic nitrogens is 1. The summed E-state index contributed by atoms with van der Waals surface area (Å²) < 4.78 is 10.7. The largest absolute Gasteiger partial charge is 0.449 e. The summed E-state index contributed by atoms with van der Waals surface area (Å²) in [7, 11) is 0. The second-order valence-electron chi connectivity index (χ2n) is 9.19. The first-order chi connectivity index (χ1) is 17.9. The van der Waals surface area contributed by atoms with Crippen molar-refractivity contribution < 1.29 is 24.2 Å². The maximum Gasteiger partial charge on any atom is 0.407 e. The van der Waals surface area contributed by atoms with Gasteiger partial charge in [-0.25, -0.2) is 9.59 Å². The number of rotatable bonds is 13. The number of hydrogen-bond donors (Lipinski definition) is 3. The molecule has 1 aromatic heterocycles. The van der Waals surface area contributed by atoms with E-state index in [0.29, 0.717) is 18.9 Å². The molecule has 0 bridgehead atoms. The lowest BCUT2D eigenvalue weighted by molar-refractivity contribution is 0.0662. The molecule has 0 aliphatic rings. The minimum atomic E-state index is -0.997. The monoisotopic (exact) mass is 525 g/mol. The minimum absolute atomic E-state index is 0.00599. The average molecular weight is 526 g/mol. The number of carbonyl (C=O) groups is 2. The Morgan fingerprint density at radius 2 is 1.70 bits per heavy atom. The molecule has 0 spiro atoms. The van der Waals surface area contributed by atoms with Gasteiger partial charge in [-0.2, -0.15) is 0 Å². The Labute approximate surface area is 222 Å². The van der Waals surface area contributed by atoms with Crippen molar-refractivity contribution in [3.63, 3.8) is 0 Å². The molecule has 3 unspecified atom stereocenters. The van der Waals surface area contributed by atoms with Crippen molar-refractivity contribution in [2.45, 2.75) is 51.4 Å². The first-order valence-electron chi connectivity index (χ1n) is 12.4. The smallest absolute Gasteiger partial charge is 0.407 e. The minimum Gasteiger partial charge on any atom is -0.449 e. The molecule has 3 rings (SSSR count). The van der Waals surface area contributed by atoms with E-state index < -0.39 is 24.3 Å². The molecule has 0 saturated carbocycles. The lowest BCUT2D eigenvalue weighted by atomic mass is 9.82. The molecular weight excluding hydrogens is 490 g/mol. The molecule has 198 valence electrons. The van der Waals surface area contributed by atoms with Gasteiger partial charge in [-0.1, -0.05) is 74.5 Å². The van der Waals surface area contributed by atoms with Gasteiger partial charge in [0.2, 0.25) is 0 Å². The van der Waals surface area contributed by atoms with Crippen LogP contribution in [0.25, 0.3) is 0 Å². The highest BCUT2D eigenvalue weighted by molar-refractivity contribution is 7.09. The third-order valence-corrected chi connectivity index (χ3v) is 6.54. The maximum absolute atomic E-state index is 12.8. The molecule has 3 atom stereocenters. The van der Waals surface area contributed by atoms with Gasteiger partial charge in [-0.15, -0.1) is 11.3 Å². The van der Waals surface area contributed by atoms with Gasteiger partial charge in [0.25, 0.3) is 0 Å². The highest BCUT2D eigenvalue weighted by atomic mass is 32.1. The van der Waals surface area contributed by atoms with E-state index in [4.69, 9.17) is 9.47 Å². The lowest BCUT2D eigenvalue weighted by Gasteiger charge is -2.32. The summed E-state index contributed by atoms with van der Waals surface area (Å²) in [6, 6.07) is 19.0. The number of thiazole rings is 1. The third kappa shape index (κ3) is 9.86. The van der Waals surface area contributed by atoms with Gasteiger partial charge in [-0.05, 0) is 23.5 Å². The van der Waals surface area contributed by atoms with Crippen LogP contribution < -0.4 is 10.6 Å². The Morgan fingerprint density at radius 3 is 2.35 bits per heavy atom. The normalized spacial score (nSPS) is 13.4. The second kappa shape index (κ2) is 15.0. The van der Waals surface area contributed by atoms with Gasteiger partial charge >= 0.3 is 12.2 Å². The fraction of sp³-hybridized carbons (Fsp3) is 0.393. The van der Waals surface area contributed by atoms with Crippen molar-refractivity contribution >= 4 is 23.5 Å². The summed E-state index contributed by atoms with van der Waals surface area (Å²) in [6.07, 6.45) is 0.210. The fourth-order valence-corrected chi connectivity index (χ4v) is 4.41. The van der Waals surface area contributed by atoms with Crippen molar-refractivity contribution in [1.29, 1.82) is 0 Å². The molecule has 0 saturated heterocycles. The zero-order valence-electron chi connectivity index (χ0n) is 21.2. The summed E-state index contributed by atoms with van der Waals surface area (Å²) in [4.78, 5) is 29.6. The Balaban J connectivity index is 1.75. The zero-order valence-corrected chi connectivity index (χ0v) is 22.0. The molecule has 0 radical (unpaired) electrons. The molecule has 2 amide bonds. The molecule has 0 aliphatic carbocycles. The van der Waals surface area contributed by atoms with E-state index in [1.807, 2.05) is 74.5 Å². The number of alkyl carbamates (subject to hydrolysis) is 2. The third-order valence-electron chi connectivity index (χ3n) is 5.79. The molecule has 37 heavy (non-hydrogen) atoms. The maximum atomic E-state index is 12.8. The number of nitrogens with zero attached hydrogens (tertiary/aromatic N) is 1. The number of carbonyl (C=O) groups excluding carboxylic acids is 2. The Bertz CT molecular complexity index is 1060. The van der Waals surface area contributed by atoms with Gasteiger partial charge < -0.3 is 25.2 Å². The predicted octanol–water partition coefficient (Wildman–Crippen LogP) is 4.90. The number of ether oxygens (including phenoxy) is 2. The van der Waals surface area contributed by atoms with Gasteiger partial charge in [0.15, 0.2) is 0 Å². The first-order valence-corrected chi connectivity index (χ1v) is 13.3. The first kappa shape index (κ1) is 28.1. The molecule has 0 fully saturated rings. The second-order valence-corrected chi connectivity index (χ2v) is 10.2. The van der Waals surface area contributed by atoms with Crippen molar-refractivity contribution in [2.75, 3.05) is 13.2 Å². The van der Waals surface area contributed by atoms with Crippen LogP contribution in [-0.4, -0.2) is 47.6 Å². The van der Waals surface area contributed by atoms with Crippen LogP contribution in [0.3, 0.4) is 0 Å². The van der Waals surface area contributed by atoms with E-state index in [-0.39, 0.29) is 25.6 Å². The molecule has 9 heteroatoms. The van der Waals surface area contributed by atoms with Crippen molar-refractivity contribution in [1.82, 2.24) is 15.6 Å². The van der Waals surface area contributed by atoms with Crippen molar-refractivity contribution in [2.24, 2.45) is 5.92 Å². The standard InChI is InChI=1S/C28H35N3O5S/c1-20(2)16-30-27(33)35-14-13-25(32)26(31-28(34)36-18-23-17-29-19-37-23)24(22-11-7-4-8-12-22)15-21-9-5-3-6-10-21/h3-12,17,19-20,24-26,32H,13-16,18H2,1-2H3,(H,30,33)(H,31,34). The molecule has 8 nitrogen and oxygen atoms in total. The van der Waals surface area contributed by atoms with Crippen LogP contribution in [0.15, 0.2) is 72.4 Å². The van der Waals surface area contributed by atoms with Gasteiger partial charge in [0.05, 0.1) is 29.1 Å². The lowest BCUT2D eigenvalue weighted by Crippen LogP contribution is -2.48. The summed E-state index contributed by atoms with van der Waals surface area (Å²) in [5.41, 5.74) is 3.71. The Morgan fingerprint density at radius 1 is 1.00 bits per heavy atom. The number of amides is 2. The van der Waals surface area contributed by atoms with Crippen LogP contribution in [0.5, 0.6) is 0 Å². The molecule has 2 aromatic carbocycles. The van der Waals surface area contributed by atoms with Gasteiger partial charge in [0.1, 0.15) is 6.61 Å². The number of aliphatic hydroxyl groups excluding tert-OH is 1. The summed E-state index contributed by atoms with van der Waals surface area (Å²) in [5.74, 6) is 0.0385. The Kier molecular flexibility index (Phi) is 11.4. The van der Waals surface area contributed by atoms with Crippen LogP contribution >= 0.6 is 11.3 Å². The average Bonchev–Trinajstić information content (AvgIpc) is 3.43. The molecule has 3 aromatic rings. The van der Waals surface area contributed by atoms with E-state index in [0.717, 1.165) is 16.0 Å². The van der Waals surface area contributed by atoms with Crippen LogP contribution in [-0.2, 0) is 22.5 Å². The highest BCUT2D eigenvalue weighted by Crippen LogP contribution is 2.28. The van der Waals surface area contributed by atoms with Crippen LogP contribution in [0, 0.1) is 5.92 Å². The van der Waals surface area contributed by atoms with Crippen LogP contribution in [0.1, 0.15) is 42.2 Å². The van der Waals surface area contributed by atoms with E-state index in [1.54, 1.807) is 11.7 Å². The van der Waals surface area contributed by atoms with E-state index >= 15 is 0 Å². The SMILES string of the molecule is CC(C)CNC(=O)OCCC(O)C(NC(=O)OCc1cncs1)C(Cc1ccccc1)c1ccccc1. The summed E-state index contributed by atoms with van der Waals surface area (Å²) in [5, 5.41) is 16.8.